The standard InChI is InChI=1S/C25H23FN4O2S2/c1-28-24(32)23-19(15-21(34-23)17-7-3-2-4-8-17)27-25(28)33-16-22(31)30-13-11-29(12-14-30)20-10-6-5-9-18(20)26/h2-10,15H,11-14,16H2,1H3. The Morgan fingerprint density at radius 3 is 2.50 bits per heavy atom. The van der Waals surface area contributed by atoms with Crippen molar-refractivity contribution in [2.24, 2.45) is 7.05 Å². The van der Waals surface area contributed by atoms with Gasteiger partial charge in [-0.3, -0.25) is 14.2 Å². The summed E-state index contributed by atoms with van der Waals surface area (Å²) in [5, 5.41) is 0.522. The molecule has 6 nitrogen and oxygen atoms in total. The van der Waals surface area contributed by atoms with Crippen molar-refractivity contribution in [1.82, 2.24) is 14.5 Å². The van der Waals surface area contributed by atoms with Crippen molar-refractivity contribution >= 4 is 44.9 Å². The lowest BCUT2D eigenvalue weighted by Crippen LogP contribution is -2.49. The number of aromatic nitrogens is 2. The van der Waals surface area contributed by atoms with E-state index in [0.717, 1.165) is 10.4 Å². The fourth-order valence-corrected chi connectivity index (χ4v) is 5.98. The molecule has 0 atom stereocenters. The monoisotopic (exact) mass is 494 g/mol. The van der Waals surface area contributed by atoms with E-state index in [0.29, 0.717) is 47.2 Å². The molecule has 5 rings (SSSR count). The number of halogens is 1. The predicted molar refractivity (Wildman–Crippen MR) is 136 cm³/mol. The van der Waals surface area contributed by atoms with E-state index >= 15 is 0 Å². The van der Waals surface area contributed by atoms with Crippen molar-refractivity contribution in [2.75, 3.05) is 36.8 Å². The van der Waals surface area contributed by atoms with E-state index in [4.69, 9.17) is 0 Å². The van der Waals surface area contributed by atoms with Crippen molar-refractivity contribution in [3.05, 3.63) is 76.8 Å². The van der Waals surface area contributed by atoms with Crippen molar-refractivity contribution in [3.8, 4) is 10.4 Å². The lowest BCUT2D eigenvalue weighted by molar-refractivity contribution is -0.128. The van der Waals surface area contributed by atoms with Crippen LogP contribution in [0, 0.1) is 5.82 Å². The van der Waals surface area contributed by atoms with E-state index in [1.165, 1.54) is 33.7 Å². The van der Waals surface area contributed by atoms with Crippen LogP contribution in [-0.2, 0) is 11.8 Å². The first-order chi connectivity index (χ1) is 16.5. The van der Waals surface area contributed by atoms with E-state index in [2.05, 4.69) is 4.98 Å². The van der Waals surface area contributed by atoms with E-state index in [-0.39, 0.29) is 23.0 Å². The molecule has 4 aromatic rings. The Kier molecular flexibility index (Phi) is 6.38. The van der Waals surface area contributed by atoms with Gasteiger partial charge in [0.2, 0.25) is 5.91 Å². The second-order valence-electron chi connectivity index (χ2n) is 8.06. The van der Waals surface area contributed by atoms with Gasteiger partial charge in [0.25, 0.3) is 5.56 Å². The first-order valence-corrected chi connectivity index (χ1v) is 12.8. The summed E-state index contributed by atoms with van der Waals surface area (Å²) in [5.41, 5.74) is 2.17. The topological polar surface area (TPSA) is 58.4 Å². The van der Waals surface area contributed by atoms with Gasteiger partial charge in [-0.05, 0) is 23.8 Å². The number of hydrogen-bond donors (Lipinski definition) is 0. The van der Waals surface area contributed by atoms with E-state index < -0.39 is 0 Å². The summed E-state index contributed by atoms with van der Waals surface area (Å²) >= 11 is 2.71. The van der Waals surface area contributed by atoms with Gasteiger partial charge in [-0.15, -0.1) is 11.3 Å². The fraction of sp³-hybridized carbons (Fsp3) is 0.240. The number of thioether (sulfide) groups is 1. The third-order valence-corrected chi connectivity index (χ3v) is 8.10. The number of thiophene rings is 1. The van der Waals surface area contributed by atoms with Gasteiger partial charge in [0.15, 0.2) is 5.16 Å². The summed E-state index contributed by atoms with van der Waals surface area (Å²) in [6.07, 6.45) is 0. The van der Waals surface area contributed by atoms with Crippen molar-refractivity contribution in [1.29, 1.82) is 0 Å². The Morgan fingerprint density at radius 1 is 1.06 bits per heavy atom. The number of nitrogens with zero attached hydrogens (tertiary/aromatic N) is 4. The smallest absolute Gasteiger partial charge is 0.271 e. The number of carbonyl (C=O) groups excluding carboxylic acids is 1. The van der Waals surface area contributed by atoms with Gasteiger partial charge in [-0.1, -0.05) is 54.2 Å². The van der Waals surface area contributed by atoms with Crippen molar-refractivity contribution in [2.45, 2.75) is 5.16 Å². The number of benzene rings is 2. The Morgan fingerprint density at radius 2 is 1.76 bits per heavy atom. The molecule has 1 fully saturated rings. The maximum absolute atomic E-state index is 14.1. The predicted octanol–water partition coefficient (Wildman–Crippen LogP) is 4.24. The van der Waals surface area contributed by atoms with Crippen LogP contribution in [0.5, 0.6) is 0 Å². The number of para-hydroxylation sites is 1. The van der Waals surface area contributed by atoms with Gasteiger partial charge in [-0.25, -0.2) is 9.37 Å². The summed E-state index contributed by atoms with van der Waals surface area (Å²) in [5.74, 6) is -0.0619. The van der Waals surface area contributed by atoms with Gasteiger partial charge in [-0.2, -0.15) is 0 Å². The Bertz CT molecular complexity index is 1400. The van der Waals surface area contributed by atoms with Gasteiger partial charge in [0.1, 0.15) is 10.5 Å². The molecule has 3 heterocycles. The van der Waals surface area contributed by atoms with Gasteiger partial charge in [0, 0.05) is 38.1 Å². The number of rotatable bonds is 5. The highest BCUT2D eigenvalue weighted by atomic mass is 32.2. The molecular weight excluding hydrogens is 471 g/mol. The van der Waals surface area contributed by atoms with E-state index in [1.54, 1.807) is 24.1 Å². The molecular formula is C25H23FN4O2S2. The zero-order valence-electron chi connectivity index (χ0n) is 18.6. The zero-order valence-corrected chi connectivity index (χ0v) is 20.2. The van der Waals surface area contributed by atoms with Crippen molar-refractivity contribution in [3.63, 3.8) is 0 Å². The number of hydrogen-bond acceptors (Lipinski definition) is 6. The Balaban J connectivity index is 1.26. The molecule has 1 aliphatic heterocycles. The van der Waals surface area contributed by atoms with Crippen LogP contribution in [0.3, 0.4) is 0 Å². The first kappa shape index (κ1) is 22.6. The second kappa shape index (κ2) is 9.60. The number of piperazine rings is 1. The average molecular weight is 495 g/mol. The normalized spacial score (nSPS) is 14.1. The van der Waals surface area contributed by atoms with Crippen LogP contribution < -0.4 is 10.5 Å². The number of anilines is 1. The van der Waals surface area contributed by atoms with Gasteiger partial charge >= 0.3 is 0 Å². The minimum Gasteiger partial charge on any atom is -0.366 e. The molecule has 0 unspecified atom stereocenters. The molecule has 2 aromatic carbocycles. The first-order valence-electron chi connectivity index (χ1n) is 11.0. The molecule has 0 N–H and O–H groups in total. The largest absolute Gasteiger partial charge is 0.366 e. The molecule has 0 spiro atoms. The van der Waals surface area contributed by atoms with Crippen LogP contribution in [0.15, 0.2) is 70.6 Å². The van der Waals surface area contributed by atoms with Crippen LogP contribution in [-0.4, -0.2) is 52.3 Å². The number of carbonyl (C=O) groups is 1. The van der Waals surface area contributed by atoms with Crippen molar-refractivity contribution < 1.29 is 9.18 Å². The third kappa shape index (κ3) is 4.45. The van der Waals surface area contributed by atoms with Crippen LogP contribution in [0.2, 0.25) is 0 Å². The fourth-order valence-electron chi connectivity index (χ4n) is 4.03. The molecule has 34 heavy (non-hydrogen) atoms. The molecule has 174 valence electrons. The highest BCUT2D eigenvalue weighted by Crippen LogP contribution is 2.31. The molecule has 0 saturated carbocycles. The molecule has 1 saturated heterocycles. The van der Waals surface area contributed by atoms with E-state index in [1.807, 2.05) is 47.4 Å². The Hall–Kier alpha value is -3.17. The van der Waals surface area contributed by atoms with Crippen LogP contribution in [0.4, 0.5) is 10.1 Å². The van der Waals surface area contributed by atoms with E-state index in [9.17, 15) is 14.0 Å². The molecule has 1 aliphatic rings. The summed E-state index contributed by atoms with van der Waals surface area (Å²) in [4.78, 5) is 35.2. The van der Waals surface area contributed by atoms with Crippen LogP contribution in [0.25, 0.3) is 20.7 Å². The molecule has 9 heteroatoms. The quantitative estimate of drug-likeness (QED) is 0.307. The summed E-state index contributed by atoms with van der Waals surface area (Å²) in [6, 6.07) is 18.5. The minimum absolute atomic E-state index is 0.0113. The average Bonchev–Trinajstić information content (AvgIpc) is 3.30. The van der Waals surface area contributed by atoms with Gasteiger partial charge < -0.3 is 9.80 Å². The summed E-state index contributed by atoms with van der Waals surface area (Å²) in [7, 11) is 1.69. The van der Waals surface area contributed by atoms with Gasteiger partial charge in [0.05, 0.1) is 17.0 Å². The third-order valence-electron chi connectivity index (χ3n) is 5.92. The lowest BCUT2D eigenvalue weighted by Gasteiger charge is -2.36. The highest BCUT2D eigenvalue weighted by molar-refractivity contribution is 7.99. The molecule has 2 aromatic heterocycles. The van der Waals surface area contributed by atoms with Crippen LogP contribution in [0.1, 0.15) is 0 Å². The summed E-state index contributed by atoms with van der Waals surface area (Å²) in [6.45, 7) is 2.22. The maximum atomic E-state index is 14.1. The number of amides is 1. The van der Waals surface area contributed by atoms with Crippen LogP contribution >= 0.6 is 23.1 Å². The maximum Gasteiger partial charge on any atom is 0.271 e. The molecule has 0 radical (unpaired) electrons. The molecule has 0 aliphatic carbocycles. The second-order valence-corrected chi connectivity index (χ2v) is 10.1. The SMILES string of the molecule is Cn1c(SCC(=O)N2CCN(c3ccccc3F)CC2)nc2cc(-c3ccccc3)sc2c1=O. The highest BCUT2D eigenvalue weighted by Gasteiger charge is 2.23. The molecule has 0 bridgehead atoms. The Labute approximate surface area is 204 Å². The lowest BCUT2D eigenvalue weighted by atomic mass is 10.2. The molecule has 1 amide bonds. The summed E-state index contributed by atoms with van der Waals surface area (Å²) < 4.78 is 16.2. The zero-order chi connectivity index (χ0) is 23.7. The minimum atomic E-state index is -0.246. The number of fused-ring (bicyclic) bond motifs is 1.